The quantitative estimate of drug-likeness (QED) is 0.0868. The van der Waals surface area contributed by atoms with Gasteiger partial charge in [0.1, 0.15) is 11.5 Å². The maximum absolute atomic E-state index is 12.6. The number of carbonyl (C=O) groups is 2. The Bertz CT molecular complexity index is 1260. The lowest BCUT2D eigenvalue weighted by molar-refractivity contribution is -0.135. The summed E-state index contributed by atoms with van der Waals surface area (Å²) in [7, 11) is 0. The summed E-state index contributed by atoms with van der Waals surface area (Å²) in [6.07, 6.45) is 9.19. The van der Waals surface area contributed by atoms with E-state index in [1.54, 1.807) is 0 Å². The van der Waals surface area contributed by atoms with Crippen LogP contribution in [0.15, 0.2) is 36.4 Å². The average molecular weight is 487 g/mol. The van der Waals surface area contributed by atoms with Crippen molar-refractivity contribution in [2.75, 3.05) is 0 Å². The first-order valence-electron chi connectivity index (χ1n) is 13.6. The Morgan fingerprint density at radius 3 is 1.36 bits per heavy atom. The number of hydrogen-bond acceptors (Lipinski definition) is 4. The Balaban J connectivity index is 1.72. The van der Waals surface area contributed by atoms with Crippen LogP contribution in [0.25, 0.3) is 32.3 Å². The van der Waals surface area contributed by atoms with E-state index < -0.39 is 0 Å². The number of ether oxygens (including phenoxy) is 2. The molecule has 4 heteroatoms. The summed E-state index contributed by atoms with van der Waals surface area (Å²) in [5.41, 5.74) is 2.11. The molecular weight excluding hydrogens is 448 g/mol. The predicted molar refractivity (Wildman–Crippen MR) is 148 cm³/mol. The van der Waals surface area contributed by atoms with Crippen LogP contribution in [0.2, 0.25) is 0 Å². The topological polar surface area (TPSA) is 52.6 Å². The summed E-state index contributed by atoms with van der Waals surface area (Å²) in [5, 5.41) is 6.18. The highest BCUT2D eigenvalue weighted by molar-refractivity contribution is 6.26. The lowest BCUT2D eigenvalue weighted by Crippen LogP contribution is -2.09. The van der Waals surface area contributed by atoms with Crippen LogP contribution in [0.1, 0.15) is 89.2 Å². The first kappa shape index (κ1) is 25.9. The molecule has 0 aliphatic rings. The fourth-order valence-corrected chi connectivity index (χ4v) is 5.18. The molecule has 4 aromatic rings. The van der Waals surface area contributed by atoms with Crippen molar-refractivity contribution in [1.29, 1.82) is 0 Å². The summed E-state index contributed by atoms with van der Waals surface area (Å²) < 4.78 is 11.8. The molecule has 0 aliphatic heterocycles. The van der Waals surface area contributed by atoms with E-state index >= 15 is 0 Å². The molecule has 36 heavy (non-hydrogen) atoms. The molecule has 0 bridgehead atoms. The first-order valence-corrected chi connectivity index (χ1v) is 13.6. The fraction of sp³-hybridized carbons (Fsp3) is 0.438. The average Bonchev–Trinajstić information content (AvgIpc) is 2.86. The molecular formula is C32H38O4. The number of benzene rings is 4. The third-order valence-electron chi connectivity index (χ3n) is 7.15. The molecule has 0 aromatic heterocycles. The second-order valence-corrected chi connectivity index (χ2v) is 10.0. The number of rotatable bonds is 12. The van der Waals surface area contributed by atoms with Crippen molar-refractivity contribution < 1.29 is 19.1 Å². The monoisotopic (exact) mass is 486 g/mol. The van der Waals surface area contributed by atoms with Crippen molar-refractivity contribution in [3.63, 3.8) is 0 Å². The second kappa shape index (κ2) is 11.7. The van der Waals surface area contributed by atoms with Gasteiger partial charge in [-0.3, -0.25) is 9.59 Å². The van der Waals surface area contributed by atoms with Gasteiger partial charge in [-0.1, -0.05) is 64.5 Å². The van der Waals surface area contributed by atoms with Crippen LogP contribution < -0.4 is 9.47 Å². The lowest BCUT2D eigenvalue weighted by Gasteiger charge is -2.18. The number of carbonyl (C=O) groups excluding carboxylic acids is 2. The molecule has 4 rings (SSSR count). The molecule has 0 spiro atoms. The Morgan fingerprint density at radius 2 is 0.972 bits per heavy atom. The van der Waals surface area contributed by atoms with Crippen molar-refractivity contribution in [3.05, 3.63) is 47.5 Å². The third kappa shape index (κ3) is 5.48. The van der Waals surface area contributed by atoms with Crippen molar-refractivity contribution in [2.24, 2.45) is 0 Å². The number of esters is 2. The van der Waals surface area contributed by atoms with E-state index in [1.165, 1.54) is 0 Å². The van der Waals surface area contributed by atoms with Crippen LogP contribution >= 0.6 is 0 Å². The van der Waals surface area contributed by atoms with Gasteiger partial charge in [0, 0.05) is 34.4 Å². The standard InChI is InChI=1S/C32H38O4/c1-5-7-9-11-13-29(33)35-27-19-21(3)23-15-16-24-22(4)20-28(36-30(34)14-12-10-8-6-2)26-18-17-25(27)31(23)32(24)26/h15-20H,5-14H2,1-4H3. The summed E-state index contributed by atoms with van der Waals surface area (Å²) in [5.74, 6) is 0.834. The number of hydrogen-bond donors (Lipinski definition) is 0. The van der Waals surface area contributed by atoms with Gasteiger partial charge in [-0.05, 0) is 72.9 Å². The SMILES string of the molecule is CCCCCCC(=O)Oc1cc(C)c2ccc3c(C)cc(OC(=O)CCCCCC)c4ccc1c2c34. The van der Waals surface area contributed by atoms with E-state index in [0.29, 0.717) is 24.3 Å². The van der Waals surface area contributed by atoms with E-state index in [9.17, 15) is 9.59 Å². The van der Waals surface area contributed by atoms with E-state index in [2.05, 4.69) is 39.8 Å². The molecule has 0 N–H and O–H groups in total. The zero-order chi connectivity index (χ0) is 25.7. The smallest absolute Gasteiger partial charge is 0.311 e. The van der Waals surface area contributed by atoms with Crippen LogP contribution in [0, 0.1) is 13.8 Å². The largest absolute Gasteiger partial charge is 0.426 e. The van der Waals surface area contributed by atoms with Crippen LogP contribution in [-0.4, -0.2) is 11.9 Å². The molecule has 0 aliphatic carbocycles. The Morgan fingerprint density at radius 1 is 0.583 bits per heavy atom. The van der Waals surface area contributed by atoms with Gasteiger partial charge < -0.3 is 9.47 Å². The van der Waals surface area contributed by atoms with Crippen LogP contribution in [0.5, 0.6) is 11.5 Å². The molecule has 0 saturated heterocycles. The summed E-state index contributed by atoms with van der Waals surface area (Å²) in [6.45, 7) is 8.42. The van der Waals surface area contributed by atoms with E-state index in [-0.39, 0.29) is 11.9 Å². The van der Waals surface area contributed by atoms with Crippen LogP contribution in [0.4, 0.5) is 0 Å². The van der Waals surface area contributed by atoms with Crippen molar-refractivity contribution in [1.82, 2.24) is 0 Å². The fourth-order valence-electron chi connectivity index (χ4n) is 5.18. The van der Waals surface area contributed by atoms with Gasteiger partial charge in [0.25, 0.3) is 0 Å². The van der Waals surface area contributed by atoms with Gasteiger partial charge in [-0.25, -0.2) is 0 Å². The molecule has 4 aromatic carbocycles. The van der Waals surface area contributed by atoms with Gasteiger partial charge in [0.15, 0.2) is 0 Å². The number of unbranched alkanes of at least 4 members (excludes halogenated alkanes) is 6. The van der Waals surface area contributed by atoms with Gasteiger partial charge >= 0.3 is 11.9 Å². The van der Waals surface area contributed by atoms with Gasteiger partial charge in [-0.2, -0.15) is 0 Å². The Hall–Kier alpha value is -3.14. The van der Waals surface area contributed by atoms with Crippen LogP contribution in [0.3, 0.4) is 0 Å². The molecule has 0 heterocycles. The highest BCUT2D eigenvalue weighted by Gasteiger charge is 2.19. The van der Waals surface area contributed by atoms with Crippen molar-refractivity contribution >= 4 is 44.3 Å². The summed E-state index contributed by atoms with van der Waals surface area (Å²) in [4.78, 5) is 25.2. The highest BCUT2D eigenvalue weighted by atomic mass is 16.5. The van der Waals surface area contributed by atoms with E-state index in [4.69, 9.17) is 9.47 Å². The lowest BCUT2D eigenvalue weighted by atomic mass is 9.89. The molecule has 0 atom stereocenters. The normalized spacial score (nSPS) is 11.6. The molecule has 0 fully saturated rings. The molecule has 0 amide bonds. The Labute approximate surface area is 214 Å². The molecule has 4 nitrogen and oxygen atoms in total. The minimum Gasteiger partial charge on any atom is -0.426 e. The van der Waals surface area contributed by atoms with Gasteiger partial charge in [-0.15, -0.1) is 0 Å². The second-order valence-electron chi connectivity index (χ2n) is 10.0. The van der Waals surface area contributed by atoms with E-state index in [0.717, 1.165) is 94.8 Å². The predicted octanol–water partition coefficient (Wildman–Crippen LogP) is 8.95. The van der Waals surface area contributed by atoms with Gasteiger partial charge in [0.2, 0.25) is 0 Å². The third-order valence-corrected chi connectivity index (χ3v) is 7.15. The summed E-state index contributed by atoms with van der Waals surface area (Å²) >= 11 is 0. The Kier molecular flexibility index (Phi) is 8.45. The molecule has 0 radical (unpaired) electrons. The van der Waals surface area contributed by atoms with E-state index in [1.807, 2.05) is 24.3 Å². The van der Waals surface area contributed by atoms with Crippen molar-refractivity contribution in [2.45, 2.75) is 91.9 Å². The molecule has 0 saturated carbocycles. The first-order chi connectivity index (χ1) is 17.4. The maximum atomic E-state index is 12.6. The highest BCUT2D eigenvalue weighted by Crippen LogP contribution is 2.44. The zero-order valence-electron chi connectivity index (χ0n) is 22.2. The molecule has 190 valence electrons. The summed E-state index contributed by atoms with van der Waals surface area (Å²) in [6, 6.07) is 12.2. The minimum atomic E-state index is -0.186. The van der Waals surface area contributed by atoms with Gasteiger partial charge in [0.05, 0.1) is 0 Å². The number of aryl methyl sites for hydroxylation is 2. The maximum Gasteiger partial charge on any atom is 0.311 e. The molecule has 0 unspecified atom stereocenters. The zero-order valence-corrected chi connectivity index (χ0v) is 22.2. The minimum absolute atomic E-state index is 0.186. The van der Waals surface area contributed by atoms with Crippen LogP contribution in [-0.2, 0) is 9.59 Å². The van der Waals surface area contributed by atoms with Crippen molar-refractivity contribution in [3.8, 4) is 11.5 Å².